The molecule has 1 atom stereocenters. The van der Waals surface area contributed by atoms with Gasteiger partial charge in [0.2, 0.25) is 5.91 Å². The van der Waals surface area contributed by atoms with Crippen molar-refractivity contribution in [3.63, 3.8) is 0 Å². The summed E-state index contributed by atoms with van der Waals surface area (Å²) in [5.41, 5.74) is 7.17. The minimum absolute atomic E-state index is 0.0360. The van der Waals surface area contributed by atoms with E-state index in [1.54, 1.807) is 0 Å². The summed E-state index contributed by atoms with van der Waals surface area (Å²) < 4.78 is 0. The van der Waals surface area contributed by atoms with E-state index in [-0.39, 0.29) is 11.3 Å². The summed E-state index contributed by atoms with van der Waals surface area (Å²) >= 11 is 0. The van der Waals surface area contributed by atoms with E-state index in [2.05, 4.69) is 11.4 Å². The van der Waals surface area contributed by atoms with Gasteiger partial charge in [0.05, 0.1) is 6.04 Å². The van der Waals surface area contributed by atoms with Gasteiger partial charge in [0.25, 0.3) is 0 Å². The number of nitrogens with one attached hydrogen (secondary N) is 1. The van der Waals surface area contributed by atoms with Gasteiger partial charge < -0.3 is 11.1 Å². The Labute approximate surface area is 98.5 Å². The molecule has 0 spiro atoms. The molecule has 0 aromatic carbocycles. The van der Waals surface area contributed by atoms with Gasteiger partial charge in [0, 0.05) is 6.54 Å². The highest BCUT2D eigenvalue weighted by Gasteiger charge is 2.26. The molecule has 92 valence electrons. The van der Waals surface area contributed by atoms with Crippen molar-refractivity contribution in [3.8, 4) is 0 Å². The molecule has 0 fully saturated rings. The first-order valence-electron chi connectivity index (χ1n) is 6.12. The topological polar surface area (TPSA) is 55.1 Å². The van der Waals surface area contributed by atoms with E-state index in [0.29, 0.717) is 6.54 Å². The van der Waals surface area contributed by atoms with Crippen molar-refractivity contribution in [1.82, 2.24) is 5.32 Å². The van der Waals surface area contributed by atoms with Crippen LogP contribution in [0.25, 0.3) is 0 Å². The zero-order chi connectivity index (χ0) is 12.2. The van der Waals surface area contributed by atoms with Crippen LogP contribution in [-0.4, -0.2) is 18.5 Å². The van der Waals surface area contributed by atoms with E-state index in [4.69, 9.17) is 5.73 Å². The van der Waals surface area contributed by atoms with Crippen molar-refractivity contribution >= 4 is 5.91 Å². The summed E-state index contributed by atoms with van der Waals surface area (Å²) in [4.78, 5) is 11.7. The number of amides is 1. The predicted molar refractivity (Wildman–Crippen MR) is 67.0 cm³/mol. The summed E-state index contributed by atoms with van der Waals surface area (Å²) in [6.45, 7) is 6.67. The Bertz CT molecular complexity index is 276. The molecular weight excluding hydrogens is 200 g/mol. The molecule has 0 saturated carbocycles. The van der Waals surface area contributed by atoms with Crippen LogP contribution < -0.4 is 11.1 Å². The number of carbonyl (C=O) groups is 1. The van der Waals surface area contributed by atoms with Crippen LogP contribution in [0, 0.1) is 5.41 Å². The van der Waals surface area contributed by atoms with Gasteiger partial charge in [-0.2, -0.15) is 0 Å². The molecule has 0 radical (unpaired) electrons. The maximum absolute atomic E-state index is 11.7. The lowest BCUT2D eigenvalue weighted by Crippen LogP contribution is -2.48. The fourth-order valence-electron chi connectivity index (χ4n) is 1.81. The van der Waals surface area contributed by atoms with Gasteiger partial charge in [-0.15, -0.1) is 0 Å². The molecule has 3 heteroatoms. The van der Waals surface area contributed by atoms with Gasteiger partial charge >= 0.3 is 0 Å². The summed E-state index contributed by atoms with van der Waals surface area (Å²) in [6.07, 6.45) is 6.93. The Balaban J connectivity index is 2.24. The Morgan fingerprint density at radius 3 is 2.75 bits per heavy atom. The summed E-state index contributed by atoms with van der Waals surface area (Å²) in [5.74, 6) is -0.0360. The fourth-order valence-corrected chi connectivity index (χ4v) is 1.81. The number of hydrogen-bond acceptors (Lipinski definition) is 2. The van der Waals surface area contributed by atoms with Gasteiger partial charge in [0.1, 0.15) is 0 Å². The van der Waals surface area contributed by atoms with Crippen molar-refractivity contribution in [3.05, 3.63) is 11.6 Å². The third kappa shape index (κ3) is 3.97. The molecule has 3 N–H and O–H groups in total. The first-order chi connectivity index (χ1) is 7.41. The average Bonchev–Trinajstić information content (AvgIpc) is 2.67. The van der Waals surface area contributed by atoms with Crippen LogP contribution in [0.4, 0.5) is 0 Å². The van der Waals surface area contributed by atoms with Gasteiger partial charge in [-0.25, -0.2) is 0 Å². The van der Waals surface area contributed by atoms with Gasteiger partial charge in [-0.3, -0.25) is 4.79 Å². The van der Waals surface area contributed by atoms with E-state index >= 15 is 0 Å². The Hall–Kier alpha value is -0.830. The molecule has 1 amide bonds. The smallest absolute Gasteiger partial charge is 0.237 e. The molecule has 1 unspecified atom stereocenters. The molecule has 1 aliphatic carbocycles. The first kappa shape index (κ1) is 13.2. The maximum Gasteiger partial charge on any atom is 0.237 e. The zero-order valence-electron chi connectivity index (χ0n) is 10.7. The third-order valence-corrected chi connectivity index (χ3v) is 3.10. The highest BCUT2D eigenvalue weighted by atomic mass is 16.2. The van der Waals surface area contributed by atoms with Crippen molar-refractivity contribution in [1.29, 1.82) is 0 Å². The van der Waals surface area contributed by atoms with Crippen LogP contribution in [0.5, 0.6) is 0 Å². The lowest BCUT2D eigenvalue weighted by Gasteiger charge is -2.25. The number of hydrogen-bond donors (Lipinski definition) is 2. The molecular formula is C13H24N2O. The normalized spacial score (nSPS) is 18.1. The SMILES string of the molecule is CC(C)(C)C(N)C(=O)NCCC1=CCCC1. The van der Waals surface area contributed by atoms with Gasteiger partial charge in [-0.05, 0) is 31.1 Å². The second-order valence-electron chi connectivity index (χ2n) is 5.64. The summed E-state index contributed by atoms with van der Waals surface area (Å²) in [6, 6.07) is -0.426. The highest BCUT2D eigenvalue weighted by Crippen LogP contribution is 2.20. The Morgan fingerprint density at radius 1 is 1.56 bits per heavy atom. The molecule has 1 rings (SSSR count). The fraction of sp³-hybridized carbons (Fsp3) is 0.769. The molecule has 0 aliphatic heterocycles. The predicted octanol–water partition coefficient (Wildman–Crippen LogP) is 1.98. The lowest BCUT2D eigenvalue weighted by atomic mass is 9.87. The number of rotatable bonds is 4. The molecule has 0 aromatic heterocycles. The van der Waals surface area contributed by atoms with E-state index in [1.165, 1.54) is 24.8 Å². The molecule has 0 saturated heterocycles. The minimum atomic E-state index is -0.426. The molecule has 1 aliphatic rings. The third-order valence-electron chi connectivity index (χ3n) is 3.10. The first-order valence-corrected chi connectivity index (χ1v) is 6.12. The summed E-state index contributed by atoms with van der Waals surface area (Å²) in [7, 11) is 0. The number of nitrogens with two attached hydrogens (primary N) is 1. The van der Waals surface area contributed by atoms with E-state index in [1.807, 2.05) is 20.8 Å². The van der Waals surface area contributed by atoms with Crippen molar-refractivity contribution in [2.75, 3.05) is 6.54 Å². The second-order valence-corrected chi connectivity index (χ2v) is 5.64. The average molecular weight is 224 g/mol. The van der Waals surface area contributed by atoms with Crippen LogP contribution in [0.1, 0.15) is 46.5 Å². The zero-order valence-corrected chi connectivity index (χ0v) is 10.7. The van der Waals surface area contributed by atoms with E-state index in [9.17, 15) is 4.79 Å². The van der Waals surface area contributed by atoms with Crippen molar-refractivity contribution < 1.29 is 4.79 Å². The van der Waals surface area contributed by atoms with Crippen LogP contribution in [0.2, 0.25) is 0 Å². The molecule has 3 nitrogen and oxygen atoms in total. The molecule has 0 aromatic rings. The highest BCUT2D eigenvalue weighted by molar-refractivity contribution is 5.82. The van der Waals surface area contributed by atoms with Crippen LogP contribution in [-0.2, 0) is 4.79 Å². The molecule has 0 heterocycles. The largest absolute Gasteiger partial charge is 0.354 e. The monoisotopic (exact) mass is 224 g/mol. The van der Waals surface area contributed by atoms with Crippen molar-refractivity contribution in [2.45, 2.75) is 52.5 Å². The Kier molecular flexibility index (Phi) is 4.54. The van der Waals surface area contributed by atoms with E-state index in [0.717, 1.165) is 6.42 Å². The van der Waals surface area contributed by atoms with Crippen molar-refractivity contribution in [2.24, 2.45) is 11.1 Å². The van der Waals surface area contributed by atoms with Gasteiger partial charge in [-0.1, -0.05) is 32.4 Å². The maximum atomic E-state index is 11.7. The van der Waals surface area contributed by atoms with Gasteiger partial charge in [0.15, 0.2) is 0 Å². The second kappa shape index (κ2) is 5.48. The molecule has 0 bridgehead atoms. The van der Waals surface area contributed by atoms with Crippen LogP contribution in [0.15, 0.2) is 11.6 Å². The molecule has 16 heavy (non-hydrogen) atoms. The van der Waals surface area contributed by atoms with E-state index < -0.39 is 6.04 Å². The quantitative estimate of drug-likeness (QED) is 0.717. The number of carbonyl (C=O) groups excluding carboxylic acids is 1. The Morgan fingerprint density at radius 2 is 2.25 bits per heavy atom. The van der Waals surface area contributed by atoms with Crippen LogP contribution in [0.3, 0.4) is 0 Å². The van der Waals surface area contributed by atoms with Crippen LogP contribution >= 0.6 is 0 Å². The lowest BCUT2D eigenvalue weighted by molar-refractivity contribution is -0.124. The standard InChI is InChI=1S/C13H24N2O/c1-13(2,3)11(14)12(16)15-9-8-10-6-4-5-7-10/h6,11H,4-5,7-9,14H2,1-3H3,(H,15,16). The summed E-state index contributed by atoms with van der Waals surface area (Å²) in [5, 5.41) is 2.91. The minimum Gasteiger partial charge on any atom is -0.354 e. The number of allylic oxidation sites excluding steroid dienone is 1.